The maximum Gasteiger partial charge on any atom is 0.308 e. The van der Waals surface area contributed by atoms with E-state index in [-0.39, 0.29) is 12.0 Å². The molecule has 0 aromatic heterocycles. The minimum atomic E-state index is -0.636. The van der Waals surface area contributed by atoms with Crippen LogP contribution in [0.2, 0.25) is 0 Å². The molecule has 0 bridgehead atoms. The van der Waals surface area contributed by atoms with Crippen molar-refractivity contribution in [2.24, 2.45) is 11.8 Å². The monoisotopic (exact) mass is 288 g/mol. The van der Waals surface area contributed by atoms with Crippen LogP contribution in [-0.2, 0) is 4.79 Å². The van der Waals surface area contributed by atoms with Gasteiger partial charge in [-0.2, -0.15) is 0 Å². The Morgan fingerprint density at radius 1 is 1.19 bits per heavy atom. The highest BCUT2D eigenvalue weighted by Crippen LogP contribution is 2.39. The maximum absolute atomic E-state index is 11.7. The minimum absolute atomic E-state index is 0.126. The van der Waals surface area contributed by atoms with Gasteiger partial charge in [0.1, 0.15) is 0 Å². The van der Waals surface area contributed by atoms with Crippen LogP contribution in [0.5, 0.6) is 0 Å². The van der Waals surface area contributed by atoms with E-state index in [1.54, 1.807) is 0 Å². The number of hydrogen-bond acceptors (Lipinski definition) is 3. The van der Waals surface area contributed by atoms with Crippen molar-refractivity contribution in [2.75, 3.05) is 29.9 Å². The van der Waals surface area contributed by atoms with Crippen molar-refractivity contribution < 1.29 is 9.90 Å². The van der Waals surface area contributed by atoms with Crippen LogP contribution in [0.1, 0.15) is 26.2 Å². The molecular formula is C17H24N2O2. The van der Waals surface area contributed by atoms with Crippen molar-refractivity contribution in [3.63, 3.8) is 0 Å². The van der Waals surface area contributed by atoms with Crippen LogP contribution in [0.25, 0.3) is 0 Å². The Kier molecular flexibility index (Phi) is 3.79. The van der Waals surface area contributed by atoms with Gasteiger partial charge in [0.25, 0.3) is 0 Å². The summed E-state index contributed by atoms with van der Waals surface area (Å²) in [4.78, 5) is 16.3. The van der Waals surface area contributed by atoms with Gasteiger partial charge in [0, 0.05) is 26.2 Å². The summed E-state index contributed by atoms with van der Waals surface area (Å²) in [6, 6.07) is 8.48. The number of nitrogens with zero attached hydrogens (tertiary/aromatic N) is 2. The van der Waals surface area contributed by atoms with Gasteiger partial charge in [-0.25, -0.2) is 0 Å². The first-order valence-electron chi connectivity index (χ1n) is 7.87. The van der Waals surface area contributed by atoms with E-state index in [9.17, 15) is 9.90 Å². The molecule has 1 aliphatic carbocycles. The topological polar surface area (TPSA) is 43.8 Å². The van der Waals surface area contributed by atoms with Crippen LogP contribution in [0.4, 0.5) is 11.4 Å². The molecule has 3 atom stereocenters. The summed E-state index contributed by atoms with van der Waals surface area (Å²) < 4.78 is 0. The van der Waals surface area contributed by atoms with Gasteiger partial charge in [-0.3, -0.25) is 4.79 Å². The van der Waals surface area contributed by atoms with E-state index in [1.807, 2.05) is 6.07 Å². The lowest BCUT2D eigenvalue weighted by atomic mass is 9.78. The molecule has 1 aromatic rings. The normalized spacial score (nSPS) is 29.1. The smallest absolute Gasteiger partial charge is 0.308 e. The van der Waals surface area contributed by atoms with Gasteiger partial charge in [-0.1, -0.05) is 19.1 Å². The molecular weight excluding hydrogens is 264 g/mol. The van der Waals surface area contributed by atoms with Crippen LogP contribution in [0.15, 0.2) is 24.3 Å². The zero-order valence-electron chi connectivity index (χ0n) is 12.8. The summed E-state index contributed by atoms with van der Waals surface area (Å²) in [7, 11) is 2.11. The van der Waals surface area contributed by atoms with Gasteiger partial charge < -0.3 is 14.9 Å². The predicted molar refractivity (Wildman–Crippen MR) is 85.0 cm³/mol. The summed E-state index contributed by atoms with van der Waals surface area (Å²) in [6.45, 7) is 4.11. The number of anilines is 2. The van der Waals surface area contributed by atoms with E-state index in [0.717, 1.165) is 32.4 Å². The molecule has 0 amide bonds. The predicted octanol–water partition coefficient (Wildman–Crippen LogP) is 2.83. The molecule has 1 aromatic carbocycles. The zero-order chi connectivity index (χ0) is 15.0. The van der Waals surface area contributed by atoms with E-state index in [4.69, 9.17) is 0 Å². The fourth-order valence-corrected chi connectivity index (χ4v) is 3.86. The lowest BCUT2D eigenvalue weighted by Crippen LogP contribution is -2.51. The fourth-order valence-electron chi connectivity index (χ4n) is 3.86. The Morgan fingerprint density at radius 2 is 1.90 bits per heavy atom. The molecule has 2 aliphatic rings. The standard InChI is InChI=1S/C17H24N2O2/c1-12-7-8-13(17(20)21)16(11-12)19-10-9-18(2)14-5-3-4-6-15(14)19/h3-6,12-13,16H,7-11H2,1-2H3,(H,20,21). The van der Waals surface area contributed by atoms with Crippen molar-refractivity contribution in [2.45, 2.75) is 32.2 Å². The van der Waals surface area contributed by atoms with Gasteiger partial charge in [0.15, 0.2) is 0 Å². The Hall–Kier alpha value is -1.71. The number of carboxylic acids is 1. The van der Waals surface area contributed by atoms with Crippen molar-refractivity contribution in [3.05, 3.63) is 24.3 Å². The molecule has 21 heavy (non-hydrogen) atoms. The van der Waals surface area contributed by atoms with Gasteiger partial charge in [-0.15, -0.1) is 0 Å². The van der Waals surface area contributed by atoms with Crippen molar-refractivity contribution in [3.8, 4) is 0 Å². The van der Waals surface area contributed by atoms with Gasteiger partial charge >= 0.3 is 5.97 Å². The molecule has 114 valence electrons. The molecule has 0 radical (unpaired) electrons. The zero-order valence-corrected chi connectivity index (χ0v) is 12.8. The van der Waals surface area contributed by atoms with Crippen LogP contribution in [0, 0.1) is 11.8 Å². The Balaban J connectivity index is 1.95. The third-order valence-electron chi connectivity index (χ3n) is 5.08. The highest BCUT2D eigenvalue weighted by atomic mass is 16.4. The Labute approximate surface area is 126 Å². The third-order valence-corrected chi connectivity index (χ3v) is 5.08. The van der Waals surface area contributed by atoms with E-state index in [1.165, 1.54) is 11.4 Å². The van der Waals surface area contributed by atoms with E-state index in [0.29, 0.717) is 5.92 Å². The molecule has 3 unspecified atom stereocenters. The number of carbonyl (C=O) groups is 1. The average Bonchev–Trinajstić information content (AvgIpc) is 2.47. The first-order valence-corrected chi connectivity index (χ1v) is 7.87. The molecule has 1 saturated carbocycles. The van der Waals surface area contributed by atoms with Crippen LogP contribution >= 0.6 is 0 Å². The Bertz CT molecular complexity index is 531. The third kappa shape index (κ3) is 2.59. The second kappa shape index (κ2) is 5.58. The minimum Gasteiger partial charge on any atom is -0.481 e. The molecule has 1 aliphatic heterocycles. The summed E-state index contributed by atoms with van der Waals surface area (Å²) >= 11 is 0. The van der Waals surface area contributed by atoms with Crippen LogP contribution in [-0.4, -0.2) is 37.3 Å². The number of fused-ring (bicyclic) bond motifs is 1. The van der Waals surface area contributed by atoms with E-state index in [2.05, 4.69) is 42.0 Å². The highest BCUT2D eigenvalue weighted by Gasteiger charge is 2.39. The second-order valence-electron chi connectivity index (χ2n) is 6.53. The van der Waals surface area contributed by atoms with Crippen molar-refractivity contribution in [1.29, 1.82) is 0 Å². The summed E-state index contributed by atoms with van der Waals surface area (Å²) in [5, 5.41) is 9.59. The number of para-hydroxylation sites is 2. The van der Waals surface area contributed by atoms with Gasteiger partial charge in [0.2, 0.25) is 0 Å². The number of carboxylic acid groups (broad SMARTS) is 1. The number of hydrogen-bond donors (Lipinski definition) is 1. The SMILES string of the molecule is CC1CCC(C(=O)O)C(N2CCN(C)c3ccccc32)C1. The largest absolute Gasteiger partial charge is 0.481 e. The van der Waals surface area contributed by atoms with E-state index < -0.39 is 5.97 Å². The molecule has 4 heteroatoms. The van der Waals surface area contributed by atoms with Crippen LogP contribution < -0.4 is 9.80 Å². The van der Waals surface area contributed by atoms with Crippen molar-refractivity contribution in [1.82, 2.24) is 0 Å². The fraction of sp³-hybridized carbons (Fsp3) is 0.588. The lowest BCUT2D eigenvalue weighted by Gasteiger charge is -2.46. The lowest BCUT2D eigenvalue weighted by molar-refractivity contribution is -0.143. The van der Waals surface area contributed by atoms with Crippen LogP contribution in [0.3, 0.4) is 0 Å². The molecule has 0 saturated heterocycles. The number of likely N-dealkylation sites (N-methyl/N-ethyl adjacent to an activating group) is 1. The number of rotatable bonds is 2. The number of benzene rings is 1. The summed E-state index contributed by atoms with van der Waals surface area (Å²) in [6.07, 6.45) is 2.81. The first-order chi connectivity index (χ1) is 10.1. The second-order valence-corrected chi connectivity index (χ2v) is 6.53. The Morgan fingerprint density at radius 3 is 2.62 bits per heavy atom. The molecule has 1 fully saturated rings. The quantitative estimate of drug-likeness (QED) is 0.909. The van der Waals surface area contributed by atoms with Crippen molar-refractivity contribution >= 4 is 17.3 Å². The molecule has 4 nitrogen and oxygen atoms in total. The molecule has 1 N–H and O–H groups in total. The summed E-state index contributed by atoms with van der Waals surface area (Å²) in [5.74, 6) is -0.265. The first kappa shape index (κ1) is 14.2. The van der Waals surface area contributed by atoms with E-state index >= 15 is 0 Å². The summed E-state index contributed by atoms with van der Waals surface area (Å²) in [5.41, 5.74) is 2.41. The average molecular weight is 288 g/mol. The van der Waals surface area contributed by atoms with Gasteiger partial charge in [-0.05, 0) is 37.3 Å². The number of aliphatic carboxylic acids is 1. The molecule has 1 heterocycles. The molecule has 0 spiro atoms. The highest BCUT2D eigenvalue weighted by molar-refractivity contribution is 5.76. The maximum atomic E-state index is 11.7. The van der Waals surface area contributed by atoms with Gasteiger partial charge in [0.05, 0.1) is 17.3 Å². The molecule has 3 rings (SSSR count).